The first-order chi connectivity index (χ1) is 9.90. The van der Waals surface area contributed by atoms with E-state index in [1.807, 2.05) is 12.1 Å². The van der Waals surface area contributed by atoms with Crippen LogP contribution in [0.3, 0.4) is 0 Å². The van der Waals surface area contributed by atoms with Gasteiger partial charge in [0.05, 0.1) is 5.75 Å². The molecular weight excluding hydrogens is 290 g/mol. The summed E-state index contributed by atoms with van der Waals surface area (Å²) in [5.41, 5.74) is 2.78. The topological polar surface area (TPSA) is 78.5 Å². The average Bonchev–Trinajstić information content (AvgIpc) is 2.46. The van der Waals surface area contributed by atoms with E-state index in [9.17, 15) is 13.2 Å². The molecule has 0 aliphatic carbocycles. The molecule has 0 atom stereocenters. The lowest BCUT2D eigenvalue weighted by atomic mass is 10.0. The minimum absolute atomic E-state index is 0.0990. The van der Waals surface area contributed by atoms with Crippen molar-refractivity contribution in [2.24, 2.45) is 0 Å². The zero-order valence-corrected chi connectivity index (χ0v) is 13.2. The van der Waals surface area contributed by atoms with Crippen LogP contribution in [0, 0.1) is 0 Å². The van der Waals surface area contributed by atoms with E-state index in [1.54, 1.807) is 6.07 Å². The fourth-order valence-corrected chi connectivity index (χ4v) is 2.92. The van der Waals surface area contributed by atoms with Gasteiger partial charge in [0.15, 0.2) is 0 Å². The number of carbonyl (C=O) groups is 1. The second-order valence-corrected chi connectivity index (χ2v) is 7.56. The molecule has 2 N–H and O–H groups in total. The maximum Gasteiger partial charge on any atom is 0.251 e. The normalized spacial score (nSPS) is 14.4. The largest absolute Gasteiger partial charge is 0.385 e. The Morgan fingerprint density at radius 1 is 1.38 bits per heavy atom. The molecule has 1 aliphatic heterocycles. The standard InChI is InChI=1S/C14H21N3O3S/c1-17(2)21(19,20)9-8-16-14(18)12-5-6-13-11(10-12)4-3-7-15-13/h5-6,10,15H,3-4,7-9H2,1-2H3,(H,16,18). The van der Waals surface area contributed by atoms with Crippen molar-refractivity contribution in [1.29, 1.82) is 0 Å². The van der Waals surface area contributed by atoms with Crippen LogP contribution in [0.15, 0.2) is 18.2 Å². The molecule has 0 bridgehead atoms. The summed E-state index contributed by atoms with van der Waals surface area (Å²) in [6, 6.07) is 5.53. The molecule has 116 valence electrons. The van der Waals surface area contributed by atoms with E-state index in [-0.39, 0.29) is 18.2 Å². The summed E-state index contributed by atoms with van der Waals surface area (Å²) in [7, 11) is -0.322. The number of nitrogens with one attached hydrogen (secondary N) is 2. The van der Waals surface area contributed by atoms with E-state index in [1.165, 1.54) is 14.1 Å². The number of aryl methyl sites for hydroxylation is 1. The Morgan fingerprint density at radius 3 is 2.86 bits per heavy atom. The van der Waals surface area contributed by atoms with Gasteiger partial charge in [-0.05, 0) is 36.6 Å². The molecule has 1 aromatic carbocycles. The fourth-order valence-electron chi connectivity index (χ4n) is 2.19. The minimum atomic E-state index is -3.28. The Morgan fingerprint density at radius 2 is 2.14 bits per heavy atom. The van der Waals surface area contributed by atoms with E-state index in [2.05, 4.69) is 10.6 Å². The average molecular weight is 311 g/mol. The fraction of sp³-hybridized carbons (Fsp3) is 0.500. The number of sulfonamides is 1. The van der Waals surface area contributed by atoms with Gasteiger partial charge in [0.2, 0.25) is 10.0 Å². The number of benzene rings is 1. The van der Waals surface area contributed by atoms with Gasteiger partial charge in [-0.25, -0.2) is 12.7 Å². The van der Waals surface area contributed by atoms with Crippen molar-refractivity contribution >= 4 is 21.6 Å². The molecule has 1 aliphatic rings. The number of fused-ring (bicyclic) bond motifs is 1. The molecule has 21 heavy (non-hydrogen) atoms. The van der Waals surface area contributed by atoms with Crippen molar-refractivity contribution in [2.45, 2.75) is 12.8 Å². The third kappa shape index (κ3) is 3.95. The number of hydrogen-bond acceptors (Lipinski definition) is 4. The second-order valence-electron chi connectivity index (χ2n) is 5.26. The quantitative estimate of drug-likeness (QED) is 0.837. The van der Waals surface area contributed by atoms with Gasteiger partial charge in [0.1, 0.15) is 0 Å². The van der Waals surface area contributed by atoms with Gasteiger partial charge in [0.25, 0.3) is 5.91 Å². The highest BCUT2D eigenvalue weighted by Gasteiger charge is 2.15. The first-order valence-corrected chi connectivity index (χ1v) is 8.56. The smallest absolute Gasteiger partial charge is 0.251 e. The third-order valence-electron chi connectivity index (χ3n) is 3.51. The van der Waals surface area contributed by atoms with Gasteiger partial charge in [-0.3, -0.25) is 4.79 Å². The Kier molecular flexibility index (Phi) is 4.84. The molecule has 0 fully saturated rings. The molecule has 0 saturated carbocycles. The summed E-state index contributed by atoms with van der Waals surface area (Å²) in [5.74, 6) is -0.338. The maximum absolute atomic E-state index is 12.0. The highest BCUT2D eigenvalue weighted by Crippen LogP contribution is 2.22. The van der Waals surface area contributed by atoms with Crippen molar-refractivity contribution in [3.05, 3.63) is 29.3 Å². The van der Waals surface area contributed by atoms with Gasteiger partial charge in [-0.1, -0.05) is 0 Å². The highest BCUT2D eigenvalue weighted by molar-refractivity contribution is 7.89. The molecular formula is C14H21N3O3S. The Hall–Kier alpha value is -1.60. The van der Waals surface area contributed by atoms with Gasteiger partial charge in [-0.2, -0.15) is 0 Å². The van der Waals surface area contributed by atoms with E-state index in [0.29, 0.717) is 5.56 Å². The minimum Gasteiger partial charge on any atom is -0.385 e. The number of carbonyl (C=O) groups excluding carboxylic acids is 1. The third-order valence-corrected chi connectivity index (χ3v) is 5.34. The number of hydrogen-bond donors (Lipinski definition) is 2. The summed E-state index contributed by atoms with van der Waals surface area (Å²) in [6.45, 7) is 1.07. The van der Waals surface area contributed by atoms with Gasteiger partial charge in [-0.15, -0.1) is 0 Å². The molecule has 1 aromatic rings. The zero-order chi connectivity index (χ0) is 15.5. The van der Waals surface area contributed by atoms with Crippen molar-refractivity contribution in [2.75, 3.05) is 38.3 Å². The number of nitrogens with zero attached hydrogens (tertiary/aromatic N) is 1. The lowest BCUT2D eigenvalue weighted by Gasteiger charge is -2.18. The van der Waals surface area contributed by atoms with Crippen LogP contribution in [0.1, 0.15) is 22.3 Å². The molecule has 7 heteroatoms. The van der Waals surface area contributed by atoms with Crippen LogP contribution < -0.4 is 10.6 Å². The van der Waals surface area contributed by atoms with Gasteiger partial charge >= 0.3 is 0 Å². The molecule has 0 radical (unpaired) electrons. The lowest BCUT2D eigenvalue weighted by molar-refractivity contribution is 0.0956. The van der Waals surface area contributed by atoms with Crippen LogP contribution >= 0.6 is 0 Å². The van der Waals surface area contributed by atoms with E-state index < -0.39 is 10.0 Å². The van der Waals surface area contributed by atoms with Gasteiger partial charge in [0, 0.05) is 38.4 Å². The zero-order valence-electron chi connectivity index (χ0n) is 12.3. The maximum atomic E-state index is 12.0. The summed E-state index contributed by atoms with van der Waals surface area (Å²) in [6.07, 6.45) is 2.01. The summed E-state index contributed by atoms with van der Waals surface area (Å²) < 4.78 is 24.4. The van der Waals surface area contributed by atoms with Crippen molar-refractivity contribution in [1.82, 2.24) is 9.62 Å². The summed E-state index contributed by atoms with van der Waals surface area (Å²) in [4.78, 5) is 12.0. The van der Waals surface area contributed by atoms with Crippen molar-refractivity contribution in [3.63, 3.8) is 0 Å². The Balaban J connectivity index is 1.95. The van der Waals surface area contributed by atoms with Crippen LogP contribution in [0.2, 0.25) is 0 Å². The predicted molar refractivity (Wildman–Crippen MR) is 83.1 cm³/mol. The molecule has 0 saturated heterocycles. The van der Waals surface area contributed by atoms with Crippen LogP contribution in [-0.2, 0) is 16.4 Å². The van der Waals surface area contributed by atoms with Crippen LogP contribution in [0.5, 0.6) is 0 Å². The van der Waals surface area contributed by atoms with Crippen molar-refractivity contribution in [3.8, 4) is 0 Å². The molecule has 0 unspecified atom stereocenters. The van der Waals surface area contributed by atoms with Crippen LogP contribution in [0.4, 0.5) is 5.69 Å². The number of anilines is 1. The SMILES string of the molecule is CN(C)S(=O)(=O)CCNC(=O)c1ccc2c(c1)CCCN2. The first kappa shape index (κ1) is 15.8. The molecule has 2 rings (SSSR count). The van der Waals surface area contributed by atoms with E-state index in [0.717, 1.165) is 34.9 Å². The molecule has 1 amide bonds. The molecule has 1 heterocycles. The van der Waals surface area contributed by atoms with E-state index in [4.69, 9.17) is 0 Å². The van der Waals surface area contributed by atoms with Gasteiger partial charge < -0.3 is 10.6 Å². The van der Waals surface area contributed by atoms with Crippen molar-refractivity contribution < 1.29 is 13.2 Å². The summed E-state index contributed by atoms with van der Waals surface area (Å²) in [5, 5.41) is 5.94. The number of amides is 1. The van der Waals surface area contributed by atoms with E-state index >= 15 is 0 Å². The lowest BCUT2D eigenvalue weighted by Crippen LogP contribution is -2.34. The van der Waals surface area contributed by atoms with Crippen LogP contribution in [0.25, 0.3) is 0 Å². The Bertz CT molecular complexity index is 626. The number of rotatable bonds is 5. The monoisotopic (exact) mass is 311 g/mol. The molecule has 0 spiro atoms. The molecule has 0 aromatic heterocycles. The second kappa shape index (κ2) is 6.44. The first-order valence-electron chi connectivity index (χ1n) is 6.95. The highest BCUT2D eigenvalue weighted by atomic mass is 32.2. The van der Waals surface area contributed by atoms with Crippen LogP contribution in [-0.4, -0.2) is 51.6 Å². The summed E-state index contributed by atoms with van der Waals surface area (Å²) >= 11 is 0. The predicted octanol–water partition coefficient (Wildman–Crippen LogP) is 0.666. The molecule has 6 nitrogen and oxygen atoms in total. The Labute approximate surface area is 125 Å².